The number of benzene rings is 2. The molecule has 2 aromatic carbocycles. The molecule has 28 heavy (non-hydrogen) atoms. The number of allylic oxidation sites excluding steroid dienone is 1. The van der Waals surface area contributed by atoms with E-state index < -0.39 is 23.5 Å². The van der Waals surface area contributed by atoms with E-state index in [4.69, 9.17) is 0 Å². The van der Waals surface area contributed by atoms with Gasteiger partial charge in [-0.3, -0.25) is 0 Å². The Morgan fingerprint density at radius 1 is 0.821 bits per heavy atom. The zero-order valence-electron chi connectivity index (χ0n) is 15.7. The molecule has 150 valence electrons. The average Bonchev–Trinajstić information content (AvgIpc) is 2.92. The van der Waals surface area contributed by atoms with E-state index >= 15 is 0 Å². The predicted molar refractivity (Wildman–Crippen MR) is 97.6 cm³/mol. The minimum absolute atomic E-state index is 0.0354. The number of halogens is 6. The Bertz CT molecular complexity index is 891. The molecule has 0 bridgehead atoms. The fourth-order valence-electron chi connectivity index (χ4n) is 3.59. The minimum Gasteiger partial charge on any atom is -0.166 e. The lowest BCUT2D eigenvalue weighted by molar-refractivity contribution is -0.143. The van der Waals surface area contributed by atoms with Crippen LogP contribution in [-0.4, -0.2) is 0 Å². The lowest BCUT2D eigenvalue weighted by Gasteiger charge is -2.18. The number of fused-ring (bicyclic) bond motifs is 1. The molecule has 2 aromatic rings. The zero-order chi connectivity index (χ0) is 20.9. The Kier molecular flexibility index (Phi) is 4.89. The molecule has 0 amide bonds. The molecule has 0 nitrogen and oxygen atoms in total. The van der Waals surface area contributed by atoms with Crippen molar-refractivity contribution in [2.24, 2.45) is 5.41 Å². The van der Waals surface area contributed by atoms with E-state index in [-0.39, 0.29) is 17.0 Å². The second-order valence-electron chi connectivity index (χ2n) is 8.39. The number of hydrogen-bond donors (Lipinski definition) is 0. The third-order valence-corrected chi connectivity index (χ3v) is 4.62. The maximum Gasteiger partial charge on any atom is 0.416 e. The van der Waals surface area contributed by atoms with E-state index in [1.807, 2.05) is 12.1 Å². The van der Waals surface area contributed by atoms with Crippen LogP contribution < -0.4 is 0 Å². The summed E-state index contributed by atoms with van der Waals surface area (Å²) in [6.07, 6.45) is -6.35. The van der Waals surface area contributed by atoms with Gasteiger partial charge in [0.05, 0.1) is 11.1 Å². The van der Waals surface area contributed by atoms with Crippen LogP contribution in [0.2, 0.25) is 0 Å². The molecule has 1 aliphatic rings. The largest absolute Gasteiger partial charge is 0.416 e. The van der Waals surface area contributed by atoms with Crippen LogP contribution in [0, 0.1) is 5.41 Å². The molecule has 0 N–H and O–H groups in total. The van der Waals surface area contributed by atoms with Gasteiger partial charge in [0, 0.05) is 0 Å². The second kappa shape index (κ2) is 6.68. The van der Waals surface area contributed by atoms with E-state index in [1.165, 1.54) is 0 Å². The topological polar surface area (TPSA) is 0 Å². The zero-order valence-corrected chi connectivity index (χ0v) is 15.7. The molecule has 0 unspecified atom stereocenters. The Morgan fingerprint density at radius 2 is 1.39 bits per heavy atom. The summed E-state index contributed by atoms with van der Waals surface area (Å²) in [6.45, 7) is 6.25. The normalized spacial score (nSPS) is 14.8. The van der Waals surface area contributed by atoms with Gasteiger partial charge in [-0.2, -0.15) is 26.3 Å². The molecule has 0 saturated heterocycles. The van der Waals surface area contributed by atoms with Crippen molar-refractivity contribution in [2.45, 2.75) is 46.0 Å². The van der Waals surface area contributed by atoms with Crippen molar-refractivity contribution >= 4 is 6.08 Å². The molecule has 6 heteroatoms. The fraction of sp³-hybridized carbons (Fsp3) is 0.364. The van der Waals surface area contributed by atoms with Crippen LogP contribution in [0.1, 0.15) is 49.4 Å². The predicted octanol–water partition coefficient (Wildman–Crippen LogP) is 7.77. The Morgan fingerprint density at radius 3 is 1.89 bits per heavy atom. The summed E-state index contributed by atoms with van der Waals surface area (Å²) in [5.41, 5.74) is 0.493. The van der Waals surface area contributed by atoms with Gasteiger partial charge >= 0.3 is 12.4 Å². The number of alkyl halides is 6. The van der Waals surface area contributed by atoms with Crippen LogP contribution in [0.15, 0.2) is 42.0 Å². The van der Waals surface area contributed by atoms with Crippen LogP contribution in [-0.2, 0) is 18.8 Å². The molecule has 1 aliphatic carbocycles. The van der Waals surface area contributed by atoms with Gasteiger partial charge in [0.1, 0.15) is 0 Å². The first-order chi connectivity index (χ1) is 12.7. The van der Waals surface area contributed by atoms with Gasteiger partial charge in [-0.05, 0) is 58.7 Å². The van der Waals surface area contributed by atoms with Crippen LogP contribution in [0.4, 0.5) is 26.3 Å². The van der Waals surface area contributed by atoms with Gasteiger partial charge in [0.2, 0.25) is 0 Å². The van der Waals surface area contributed by atoms with Gasteiger partial charge in [-0.25, -0.2) is 0 Å². The summed E-state index contributed by atoms with van der Waals surface area (Å²) in [5.74, 6) is 0. The van der Waals surface area contributed by atoms with Gasteiger partial charge in [-0.15, -0.1) is 0 Å². The minimum atomic E-state index is -4.86. The molecule has 0 spiro atoms. The van der Waals surface area contributed by atoms with Crippen LogP contribution in [0.5, 0.6) is 0 Å². The van der Waals surface area contributed by atoms with Gasteiger partial charge in [-0.1, -0.05) is 50.6 Å². The van der Waals surface area contributed by atoms with E-state index in [1.54, 1.807) is 12.1 Å². The third kappa shape index (κ3) is 4.42. The fourth-order valence-corrected chi connectivity index (χ4v) is 3.59. The van der Waals surface area contributed by atoms with E-state index in [0.29, 0.717) is 17.5 Å². The standard InChI is InChI=1S/C22H20F6/c1-20(2,3)12-13-7-14-5-4-6-18(19(14)8-13)15-9-16(21(23,24)25)11-17(10-15)22(26,27)28/h4-6,8-11H,7,12H2,1-3H3. The van der Waals surface area contributed by atoms with Crippen LogP contribution in [0.25, 0.3) is 17.2 Å². The highest BCUT2D eigenvalue weighted by Crippen LogP contribution is 2.42. The van der Waals surface area contributed by atoms with Gasteiger partial charge in [0.15, 0.2) is 0 Å². The highest BCUT2D eigenvalue weighted by Gasteiger charge is 2.37. The smallest absolute Gasteiger partial charge is 0.166 e. The molecule has 0 fully saturated rings. The van der Waals surface area contributed by atoms with E-state index in [9.17, 15) is 26.3 Å². The quantitative estimate of drug-likeness (QED) is 0.453. The molecular weight excluding hydrogens is 378 g/mol. The van der Waals surface area contributed by atoms with Crippen molar-refractivity contribution in [1.29, 1.82) is 0 Å². The summed E-state index contributed by atoms with van der Waals surface area (Å²) >= 11 is 0. The first-order valence-electron chi connectivity index (χ1n) is 8.85. The number of hydrogen-bond acceptors (Lipinski definition) is 0. The van der Waals surface area contributed by atoms with Crippen molar-refractivity contribution in [3.63, 3.8) is 0 Å². The molecule has 3 rings (SSSR count). The summed E-state index contributed by atoms with van der Waals surface area (Å²) in [7, 11) is 0. The lowest BCUT2D eigenvalue weighted by atomic mass is 9.87. The van der Waals surface area contributed by atoms with Crippen molar-refractivity contribution in [3.8, 4) is 11.1 Å². The van der Waals surface area contributed by atoms with Crippen molar-refractivity contribution in [3.05, 3.63) is 64.2 Å². The molecular formula is C22H20F6. The Labute approximate surface area is 159 Å². The molecule has 0 saturated carbocycles. The molecule has 0 aromatic heterocycles. The maximum absolute atomic E-state index is 13.2. The summed E-state index contributed by atoms with van der Waals surface area (Å²) in [6, 6.07) is 6.86. The summed E-state index contributed by atoms with van der Waals surface area (Å²) in [5, 5.41) is 0. The van der Waals surface area contributed by atoms with Crippen molar-refractivity contribution in [2.75, 3.05) is 0 Å². The Hall–Kier alpha value is -2.24. The first kappa shape index (κ1) is 20.5. The van der Waals surface area contributed by atoms with E-state index in [0.717, 1.165) is 29.7 Å². The average molecular weight is 398 g/mol. The SMILES string of the molecule is CC(C)(C)CC1=Cc2c(cccc2-c2cc(C(F)(F)F)cc(C(F)(F)F)c2)C1. The van der Waals surface area contributed by atoms with Gasteiger partial charge in [0.25, 0.3) is 0 Å². The van der Waals surface area contributed by atoms with Crippen molar-refractivity contribution < 1.29 is 26.3 Å². The van der Waals surface area contributed by atoms with Gasteiger partial charge < -0.3 is 0 Å². The van der Waals surface area contributed by atoms with Crippen molar-refractivity contribution in [1.82, 2.24) is 0 Å². The maximum atomic E-state index is 13.2. The molecule has 0 radical (unpaired) electrons. The Balaban J connectivity index is 2.15. The highest BCUT2D eigenvalue weighted by molar-refractivity contribution is 5.81. The van der Waals surface area contributed by atoms with Crippen LogP contribution >= 0.6 is 0 Å². The van der Waals surface area contributed by atoms with E-state index in [2.05, 4.69) is 20.8 Å². The molecule has 0 heterocycles. The molecule has 0 aliphatic heterocycles. The number of rotatable bonds is 2. The second-order valence-corrected chi connectivity index (χ2v) is 8.39. The third-order valence-electron chi connectivity index (χ3n) is 4.62. The lowest BCUT2D eigenvalue weighted by Crippen LogP contribution is -2.11. The highest BCUT2D eigenvalue weighted by atomic mass is 19.4. The molecule has 0 atom stereocenters. The summed E-state index contributed by atoms with van der Waals surface area (Å²) < 4.78 is 79.2. The summed E-state index contributed by atoms with van der Waals surface area (Å²) in [4.78, 5) is 0. The monoisotopic (exact) mass is 398 g/mol. The van der Waals surface area contributed by atoms with Crippen LogP contribution in [0.3, 0.4) is 0 Å². The first-order valence-corrected chi connectivity index (χ1v) is 8.85.